The van der Waals surface area contributed by atoms with Crippen LogP contribution in [0.25, 0.3) is 5.65 Å². The predicted octanol–water partition coefficient (Wildman–Crippen LogP) is 3.65. The van der Waals surface area contributed by atoms with E-state index in [-0.39, 0.29) is 17.4 Å². The average molecular weight is 472 g/mol. The highest BCUT2D eigenvalue weighted by atomic mass is 32.2. The van der Waals surface area contributed by atoms with Gasteiger partial charge < -0.3 is 13.9 Å². The number of rotatable bonds is 8. The van der Waals surface area contributed by atoms with Crippen LogP contribution in [0.5, 0.6) is 5.75 Å². The molecule has 32 heavy (non-hydrogen) atoms. The lowest BCUT2D eigenvalue weighted by Gasteiger charge is -2.18. The van der Waals surface area contributed by atoms with Crippen LogP contribution < -0.4 is 9.04 Å². The number of carbonyl (C=O) groups is 1. The van der Waals surface area contributed by atoms with Gasteiger partial charge in [-0.05, 0) is 54.3 Å². The van der Waals surface area contributed by atoms with Gasteiger partial charge in [-0.15, -0.1) is 11.3 Å². The second kappa shape index (κ2) is 9.01. The molecule has 3 heterocycles. The van der Waals surface area contributed by atoms with Crippen LogP contribution in [0.1, 0.15) is 11.3 Å². The van der Waals surface area contributed by atoms with E-state index in [1.807, 2.05) is 35.9 Å². The van der Waals surface area contributed by atoms with Crippen molar-refractivity contribution in [3.05, 3.63) is 77.6 Å². The van der Waals surface area contributed by atoms with Gasteiger partial charge in [-0.3, -0.25) is 4.31 Å². The minimum atomic E-state index is -3.60. The third kappa shape index (κ3) is 4.61. The van der Waals surface area contributed by atoms with Gasteiger partial charge in [0.25, 0.3) is 10.0 Å². The molecule has 0 aliphatic carbocycles. The number of thiophene rings is 1. The van der Waals surface area contributed by atoms with Gasteiger partial charge in [0, 0.05) is 19.4 Å². The highest BCUT2D eigenvalue weighted by Crippen LogP contribution is 2.26. The third-order valence-electron chi connectivity index (χ3n) is 4.78. The number of carbonyl (C=O) groups excluding carboxylic acids is 1. The first-order valence-corrected chi connectivity index (χ1v) is 12.0. The largest absolute Gasteiger partial charge is 0.482 e. The quantitative estimate of drug-likeness (QED) is 0.365. The SMILES string of the molecule is Cc1cccn2cc(COC(=O)COc3ccc(N(C)S(=O)(=O)c4cccs4)cc3)nc12. The Labute approximate surface area is 189 Å². The Bertz CT molecular complexity index is 1330. The summed E-state index contributed by atoms with van der Waals surface area (Å²) >= 11 is 1.16. The molecule has 8 nitrogen and oxygen atoms in total. The molecule has 0 saturated carbocycles. The average Bonchev–Trinajstić information content (AvgIpc) is 3.47. The molecule has 10 heteroatoms. The molecule has 0 amide bonds. The van der Waals surface area contributed by atoms with E-state index in [4.69, 9.17) is 9.47 Å². The van der Waals surface area contributed by atoms with Crippen molar-refractivity contribution in [1.82, 2.24) is 9.38 Å². The van der Waals surface area contributed by atoms with E-state index in [1.54, 1.807) is 41.8 Å². The van der Waals surface area contributed by atoms with Crippen molar-refractivity contribution in [3.8, 4) is 5.75 Å². The van der Waals surface area contributed by atoms with E-state index in [0.29, 0.717) is 17.1 Å². The van der Waals surface area contributed by atoms with Crippen molar-refractivity contribution >= 4 is 38.7 Å². The van der Waals surface area contributed by atoms with Gasteiger partial charge in [-0.2, -0.15) is 0 Å². The van der Waals surface area contributed by atoms with Crippen LogP contribution in [0.3, 0.4) is 0 Å². The van der Waals surface area contributed by atoms with E-state index in [1.165, 1.54) is 11.4 Å². The fourth-order valence-electron chi connectivity index (χ4n) is 3.05. The smallest absolute Gasteiger partial charge is 0.344 e. The molecular weight excluding hydrogens is 450 g/mol. The summed E-state index contributed by atoms with van der Waals surface area (Å²) < 4.78 is 39.2. The Morgan fingerprint density at radius 1 is 1.16 bits per heavy atom. The highest BCUT2D eigenvalue weighted by Gasteiger charge is 2.22. The molecule has 0 atom stereocenters. The van der Waals surface area contributed by atoms with E-state index in [9.17, 15) is 13.2 Å². The summed E-state index contributed by atoms with van der Waals surface area (Å²) in [4.78, 5) is 16.5. The summed E-state index contributed by atoms with van der Waals surface area (Å²) in [6.45, 7) is 1.75. The zero-order valence-corrected chi connectivity index (χ0v) is 19.1. The second-order valence-electron chi connectivity index (χ2n) is 7.00. The van der Waals surface area contributed by atoms with Crippen LogP contribution in [0.15, 0.2) is 70.5 Å². The van der Waals surface area contributed by atoms with E-state index < -0.39 is 16.0 Å². The number of hydrogen-bond acceptors (Lipinski definition) is 7. The number of benzene rings is 1. The molecule has 0 radical (unpaired) electrons. The number of pyridine rings is 1. The van der Waals surface area contributed by atoms with E-state index in [0.717, 1.165) is 22.5 Å². The number of ether oxygens (including phenoxy) is 2. The summed E-state index contributed by atoms with van der Waals surface area (Å²) in [6, 6.07) is 13.6. The van der Waals surface area contributed by atoms with Crippen molar-refractivity contribution < 1.29 is 22.7 Å². The molecule has 0 saturated heterocycles. The number of fused-ring (bicyclic) bond motifs is 1. The molecule has 0 spiro atoms. The van der Waals surface area contributed by atoms with Crippen molar-refractivity contribution in [2.45, 2.75) is 17.7 Å². The number of sulfonamides is 1. The standard InChI is InChI=1S/C22H21N3O5S2/c1-16-5-3-11-25-13-17(23-22(16)25)14-30-20(26)15-29-19-9-7-18(8-10-19)24(2)32(27,28)21-6-4-12-31-21/h3-13H,14-15H2,1-2H3. The fourth-order valence-corrected chi connectivity index (χ4v) is 5.41. The molecular formula is C22H21N3O5S2. The van der Waals surface area contributed by atoms with Gasteiger partial charge in [0.2, 0.25) is 0 Å². The first-order chi connectivity index (χ1) is 15.3. The predicted molar refractivity (Wildman–Crippen MR) is 122 cm³/mol. The van der Waals surface area contributed by atoms with Crippen molar-refractivity contribution in [2.24, 2.45) is 0 Å². The van der Waals surface area contributed by atoms with Crippen LogP contribution in [-0.4, -0.2) is 37.4 Å². The molecule has 0 bridgehead atoms. The molecule has 1 aromatic carbocycles. The molecule has 0 fully saturated rings. The zero-order chi connectivity index (χ0) is 22.7. The summed E-state index contributed by atoms with van der Waals surface area (Å²) in [5.74, 6) is -0.101. The Balaban J connectivity index is 1.31. The zero-order valence-electron chi connectivity index (χ0n) is 17.5. The first-order valence-electron chi connectivity index (χ1n) is 9.69. The topological polar surface area (TPSA) is 90.2 Å². The lowest BCUT2D eigenvalue weighted by Crippen LogP contribution is -2.25. The monoisotopic (exact) mass is 471 g/mol. The Hall–Kier alpha value is -3.37. The lowest BCUT2D eigenvalue weighted by molar-refractivity contribution is -0.147. The Morgan fingerprint density at radius 3 is 2.62 bits per heavy atom. The van der Waals surface area contributed by atoms with Crippen molar-refractivity contribution in [1.29, 1.82) is 0 Å². The molecule has 0 N–H and O–H groups in total. The van der Waals surface area contributed by atoms with Crippen LogP contribution in [0, 0.1) is 6.92 Å². The fraction of sp³-hybridized carbons (Fsp3) is 0.182. The summed E-state index contributed by atoms with van der Waals surface area (Å²) in [7, 11) is -2.12. The third-order valence-corrected chi connectivity index (χ3v) is 7.93. The Morgan fingerprint density at radius 2 is 1.94 bits per heavy atom. The summed E-state index contributed by atoms with van der Waals surface area (Å²) in [5.41, 5.74) is 2.98. The van der Waals surface area contributed by atoms with Crippen LogP contribution in [0.2, 0.25) is 0 Å². The minimum Gasteiger partial charge on any atom is -0.482 e. The number of esters is 1. The maximum absolute atomic E-state index is 12.6. The van der Waals surface area contributed by atoms with Gasteiger partial charge in [0.05, 0.1) is 11.4 Å². The van der Waals surface area contributed by atoms with Crippen molar-refractivity contribution in [3.63, 3.8) is 0 Å². The first kappa shape index (κ1) is 21.8. The van der Waals surface area contributed by atoms with Crippen LogP contribution >= 0.6 is 11.3 Å². The van der Waals surface area contributed by atoms with E-state index in [2.05, 4.69) is 4.98 Å². The molecule has 4 aromatic rings. The van der Waals surface area contributed by atoms with Crippen LogP contribution in [-0.2, 0) is 26.2 Å². The number of aryl methyl sites for hydroxylation is 1. The maximum atomic E-state index is 12.6. The maximum Gasteiger partial charge on any atom is 0.344 e. The number of imidazole rings is 1. The molecule has 166 valence electrons. The number of nitrogens with zero attached hydrogens (tertiary/aromatic N) is 3. The number of anilines is 1. The Kier molecular flexibility index (Phi) is 6.15. The van der Waals surface area contributed by atoms with Gasteiger partial charge in [0.15, 0.2) is 6.61 Å². The lowest BCUT2D eigenvalue weighted by atomic mass is 10.3. The van der Waals surface area contributed by atoms with E-state index >= 15 is 0 Å². The van der Waals surface area contributed by atoms with Gasteiger partial charge >= 0.3 is 5.97 Å². The van der Waals surface area contributed by atoms with Gasteiger partial charge in [0.1, 0.15) is 22.2 Å². The van der Waals surface area contributed by atoms with Gasteiger partial charge in [-0.25, -0.2) is 18.2 Å². The number of aromatic nitrogens is 2. The molecule has 0 aliphatic rings. The summed E-state index contributed by atoms with van der Waals surface area (Å²) in [6.07, 6.45) is 3.70. The van der Waals surface area contributed by atoms with Crippen molar-refractivity contribution in [2.75, 3.05) is 18.0 Å². The highest BCUT2D eigenvalue weighted by molar-refractivity contribution is 7.94. The molecule has 4 rings (SSSR count). The minimum absolute atomic E-state index is 0.0492. The molecule has 0 unspecified atom stereocenters. The van der Waals surface area contributed by atoms with Gasteiger partial charge in [-0.1, -0.05) is 12.1 Å². The second-order valence-corrected chi connectivity index (χ2v) is 10.1. The summed E-state index contributed by atoms with van der Waals surface area (Å²) in [5, 5.41) is 1.72. The molecule has 3 aromatic heterocycles. The van der Waals surface area contributed by atoms with Crippen LogP contribution in [0.4, 0.5) is 5.69 Å². The number of hydrogen-bond donors (Lipinski definition) is 0. The molecule has 0 aliphatic heterocycles. The normalized spacial score (nSPS) is 11.4.